The maximum atomic E-state index is 12.0. The van der Waals surface area contributed by atoms with Crippen LogP contribution in [0.3, 0.4) is 0 Å². The minimum atomic E-state index is -0.327. The lowest BCUT2D eigenvalue weighted by molar-refractivity contribution is 0.547. The topological polar surface area (TPSA) is 73.9 Å². The number of aromatic nitrogens is 3. The van der Waals surface area contributed by atoms with Crippen LogP contribution in [-0.2, 0) is 5.41 Å². The summed E-state index contributed by atoms with van der Waals surface area (Å²) in [7, 11) is 3.97. The number of H-pyrrole nitrogens is 1. The van der Waals surface area contributed by atoms with Gasteiger partial charge in [0, 0.05) is 30.9 Å². The number of hydrogen-bond donors (Lipinski definition) is 2. The lowest BCUT2D eigenvalue weighted by Gasteiger charge is -2.16. The molecule has 2 aromatic rings. The first-order chi connectivity index (χ1) is 9.77. The van der Waals surface area contributed by atoms with Crippen LogP contribution in [0, 0.1) is 0 Å². The van der Waals surface area contributed by atoms with Crippen LogP contribution in [0.2, 0.25) is 0 Å². The molecule has 6 nitrogen and oxygen atoms in total. The summed E-state index contributed by atoms with van der Waals surface area (Å²) < 4.78 is 0. The molecule has 0 unspecified atom stereocenters. The molecular weight excluding hydrogens is 266 g/mol. The molecule has 0 spiro atoms. The van der Waals surface area contributed by atoms with Gasteiger partial charge in [-0.2, -0.15) is 0 Å². The van der Waals surface area contributed by atoms with Crippen molar-refractivity contribution in [2.24, 2.45) is 0 Å². The van der Waals surface area contributed by atoms with E-state index >= 15 is 0 Å². The molecule has 0 aliphatic heterocycles. The number of nitrogens with one attached hydrogen (secondary N) is 2. The third kappa shape index (κ3) is 3.59. The van der Waals surface area contributed by atoms with Gasteiger partial charge in [0.2, 0.25) is 5.95 Å². The van der Waals surface area contributed by atoms with Crippen LogP contribution < -0.4 is 15.8 Å². The van der Waals surface area contributed by atoms with Gasteiger partial charge in [0.1, 0.15) is 5.69 Å². The lowest BCUT2D eigenvalue weighted by atomic mass is 9.93. The van der Waals surface area contributed by atoms with Crippen molar-refractivity contribution in [1.82, 2.24) is 15.2 Å². The van der Waals surface area contributed by atoms with E-state index in [4.69, 9.17) is 0 Å². The van der Waals surface area contributed by atoms with Crippen LogP contribution in [0.1, 0.15) is 26.5 Å². The number of benzene rings is 1. The van der Waals surface area contributed by atoms with Gasteiger partial charge in [-0.3, -0.25) is 9.78 Å². The Labute approximate surface area is 124 Å². The summed E-state index contributed by atoms with van der Waals surface area (Å²) in [6.07, 6.45) is 0. The van der Waals surface area contributed by atoms with Crippen LogP contribution in [0.25, 0.3) is 0 Å². The zero-order valence-corrected chi connectivity index (χ0v) is 13.1. The number of nitrogens with zero attached hydrogens (tertiary/aromatic N) is 3. The molecule has 0 fully saturated rings. The standard InChI is InChI=1S/C15H21N5O/c1-15(2,3)12-13(21)17-14(19-18-12)16-10-6-8-11(9-7-10)20(4)5/h6-9H,1-5H3,(H2,16,17,19,21). The Morgan fingerprint density at radius 3 is 2.19 bits per heavy atom. The Kier molecular flexibility index (Phi) is 3.97. The Morgan fingerprint density at radius 2 is 1.71 bits per heavy atom. The molecule has 1 aromatic heterocycles. The van der Waals surface area contributed by atoms with Gasteiger partial charge in [0.05, 0.1) is 0 Å². The molecule has 1 heterocycles. The fraction of sp³-hybridized carbons (Fsp3) is 0.400. The van der Waals surface area contributed by atoms with Crippen molar-refractivity contribution < 1.29 is 0 Å². The highest BCUT2D eigenvalue weighted by molar-refractivity contribution is 5.58. The van der Waals surface area contributed by atoms with Crippen molar-refractivity contribution in [3.63, 3.8) is 0 Å². The van der Waals surface area contributed by atoms with Crippen molar-refractivity contribution in [3.05, 3.63) is 40.3 Å². The van der Waals surface area contributed by atoms with E-state index in [1.165, 1.54) is 0 Å². The average Bonchev–Trinajstić information content (AvgIpc) is 2.37. The summed E-state index contributed by atoms with van der Waals surface area (Å²) in [6.45, 7) is 5.79. The van der Waals surface area contributed by atoms with Crippen molar-refractivity contribution in [2.45, 2.75) is 26.2 Å². The van der Waals surface area contributed by atoms with Gasteiger partial charge >= 0.3 is 0 Å². The Balaban J connectivity index is 2.21. The fourth-order valence-electron chi connectivity index (χ4n) is 1.86. The Hall–Kier alpha value is -2.37. The second kappa shape index (κ2) is 5.55. The molecule has 2 rings (SSSR count). The fourth-order valence-corrected chi connectivity index (χ4v) is 1.86. The monoisotopic (exact) mass is 287 g/mol. The second-order valence-corrected chi connectivity index (χ2v) is 6.17. The molecule has 0 radical (unpaired) electrons. The molecule has 21 heavy (non-hydrogen) atoms. The van der Waals surface area contributed by atoms with Crippen LogP contribution in [-0.4, -0.2) is 29.3 Å². The molecule has 0 bridgehead atoms. The number of rotatable bonds is 3. The summed E-state index contributed by atoms with van der Waals surface area (Å²) >= 11 is 0. The minimum absolute atomic E-state index is 0.218. The number of anilines is 3. The quantitative estimate of drug-likeness (QED) is 0.906. The summed E-state index contributed by atoms with van der Waals surface area (Å²) in [5.41, 5.74) is 1.82. The predicted molar refractivity (Wildman–Crippen MR) is 85.4 cm³/mol. The average molecular weight is 287 g/mol. The van der Waals surface area contributed by atoms with Gasteiger partial charge in [-0.05, 0) is 24.3 Å². The van der Waals surface area contributed by atoms with E-state index in [2.05, 4.69) is 20.5 Å². The van der Waals surface area contributed by atoms with E-state index < -0.39 is 0 Å². The van der Waals surface area contributed by atoms with Gasteiger partial charge in [0.15, 0.2) is 0 Å². The molecule has 0 saturated heterocycles. The van der Waals surface area contributed by atoms with E-state index in [0.717, 1.165) is 11.4 Å². The zero-order valence-electron chi connectivity index (χ0n) is 13.1. The third-order valence-electron chi connectivity index (χ3n) is 3.05. The van der Waals surface area contributed by atoms with Crippen molar-refractivity contribution >= 4 is 17.3 Å². The third-order valence-corrected chi connectivity index (χ3v) is 3.05. The Bertz CT molecular complexity index is 668. The van der Waals surface area contributed by atoms with Crippen LogP contribution >= 0.6 is 0 Å². The molecule has 112 valence electrons. The number of hydrogen-bond acceptors (Lipinski definition) is 5. The second-order valence-electron chi connectivity index (χ2n) is 6.17. The largest absolute Gasteiger partial charge is 0.378 e. The molecule has 1 aromatic carbocycles. The SMILES string of the molecule is CN(C)c1ccc(Nc2nnc(C(C)(C)C)c(=O)[nH]2)cc1. The lowest BCUT2D eigenvalue weighted by Crippen LogP contribution is -2.28. The Morgan fingerprint density at radius 1 is 1.10 bits per heavy atom. The van der Waals surface area contributed by atoms with E-state index in [-0.39, 0.29) is 11.0 Å². The van der Waals surface area contributed by atoms with Crippen molar-refractivity contribution in [2.75, 3.05) is 24.3 Å². The smallest absolute Gasteiger partial charge is 0.274 e. The van der Waals surface area contributed by atoms with Crippen LogP contribution in [0.5, 0.6) is 0 Å². The zero-order chi connectivity index (χ0) is 15.6. The highest BCUT2D eigenvalue weighted by Crippen LogP contribution is 2.18. The molecule has 0 atom stereocenters. The first kappa shape index (κ1) is 15.0. The summed E-state index contributed by atoms with van der Waals surface area (Å²) in [5, 5.41) is 11.1. The maximum Gasteiger partial charge on any atom is 0.274 e. The maximum absolute atomic E-state index is 12.0. The molecular formula is C15H21N5O. The first-order valence-electron chi connectivity index (χ1n) is 6.79. The predicted octanol–water partition coefficient (Wildman–Crippen LogP) is 2.27. The van der Waals surface area contributed by atoms with Crippen molar-refractivity contribution in [1.29, 1.82) is 0 Å². The highest BCUT2D eigenvalue weighted by atomic mass is 16.1. The molecule has 2 N–H and O–H groups in total. The molecule has 0 amide bonds. The number of aromatic amines is 1. The van der Waals surface area contributed by atoms with Crippen LogP contribution in [0.15, 0.2) is 29.1 Å². The van der Waals surface area contributed by atoms with Crippen molar-refractivity contribution in [3.8, 4) is 0 Å². The summed E-state index contributed by atoms with van der Waals surface area (Å²) in [4.78, 5) is 16.8. The highest BCUT2D eigenvalue weighted by Gasteiger charge is 2.20. The summed E-state index contributed by atoms with van der Waals surface area (Å²) in [6, 6.07) is 7.81. The van der Waals surface area contributed by atoms with E-state index in [9.17, 15) is 4.79 Å². The first-order valence-corrected chi connectivity index (χ1v) is 6.79. The summed E-state index contributed by atoms with van der Waals surface area (Å²) in [5.74, 6) is 0.339. The van der Waals surface area contributed by atoms with Crippen LogP contribution in [0.4, 0.5) is 17.3 Å². The molecule has 0 aliphatic rings. The minimum Gasteiger partial charge on any atom is -0.378 e. The van der Waals surface area contributed by atoms with Gasteiger partial charge in [0.25, 0.3) is 5.56 Å². The molecule has 0 saturated carbocycles. The molecule has 6 heteroatoms. The van der Waals surface area contributed by atoms with Gasteiger partial charge in [-0.15, -0.1) is 10.2 Å². The van der Waals surface area contributed by atoms with E-state index in [1.54, 1.807) is 0 Å². The normalized spacial score (nSPS) is 11.3. The van der Waals surface area contributed by atoms with E-state index in [1.807, 2.05) is 64.0 Å². The van der Waals surface area contributed by atoms with E-state index in [0.29, 0.717) is 11.6 Å². The van der Waals surface area contributed by atoms with Gasteiger partial charge in [-0.25, -0.2) is 0 Å². The van der Waals surface area contributed by atoms with Gasteiger partial charge in [-0.1, -0.05) is 20.8 Å². The van der Waals surface area contributed by atoms with Gasteiger partial charge < -0.3 is 10.2 Å². The molecule has 0 aliphatic carbocycles.